The third-order valence-electron chi connectivity index (χ3n) is 12.9. The van der Waals surface area contributed by atoms with Crippen LogP contribution >= 0.6 is 0 Å². The molecule has 0 amide bonds. The fourth-order valence-corrected chi connectivity index (χ4v) is 10.9. The number of ketones is 2. The normalized spacial score (nSPS) is 64.1. The Labute approximate surface area is 218 Å². The lowest BCUT2D eigenvalue weighted by Crippen LogP contribution is -2.79. The number of fused-ring (bicyclic) bond motifs is 4. The molecule has 8 fully saturated rings. The predicted molar refractivity (Wildman–Crippen MR) is 122 cm³/mol. The zero-order chi connectivity index (χ0) is 26.5. The Bertz CT molecular complexity index is 1340. The molecular formula is C28H30O10. The fraction of sp³-hybridized carbons (Fsp3) is 0.786. The van der Waals surface area contributed by atoms with Crippen molar-refractivity contribution < 1.29 is 48.0 Å². The second-order valence-corrected chi connectivity index (χ2v) is 13.8. The van der Waals surface area contributed by atoms with E-state index in [1.54, 1.807) is 13.0 Å². The number of hydrogen-bond acceptors (Lipinski definition) is 10. The molecule has 10 nitrogen and oxygen atoms in total. The van der Waals surface area contributed by atoms with Crippen molar-refractivity contribution in [3.63, 3.8) is 0 Å². The smallest absolute Gasteiger partial charge is 0.342 e. The molecule has 0 aromatic carbocycles. The van der Waals surface area contributed by atoms with E-state index in [1.807, 2.05) is 19.9 Å². The van der Waals surface area contributed by atoms with Crippen LogP contribution in [0.25, 0.3) is 0 Å². The van der Waals surface area contributed by atoms with Gasteiger partial charge in [0.25, 0.3) is 0 Å². The van der Waals surface area contributed by atoms with Crippen LogP contribution in [0.3, 0.4) is 0 Å². The first-order chi connectivity index (χ1) is 17.9. The second kappa shape index (κ2) is 5.82. The summed E-state index contributed by atoms with van der Waals surface area (Å²) in [7, 11) is 0. The van der Waals surface area contributed by atoms with Gasteiger partial charge in [-0.1, -0.05) is 13.0 Å². The average molecular weight is 527 g/mol. The minimum Gasteiger partial charge on any atom is -0.458 e. The molecule has 0 aromatic rings. The molecular weight excluding hydrogens is 496 g/mol. The van der Waals surface area contributed by atoms with Crippen molar-refractivity contribution in [2.75, 3.05) is 6.61 Å². The zero-order valence-corrected chi connectivity index (χ0v) is 21.5. The monoisotopic (exact) mass is 526 g/mol. The van der Waals surface area contributed by atoms with Gasteiger partial charge in [-0.25, -0.2) is 4.79 Å². The van der Waals surface area contributed by atoms with Crippen LogP contribution in [0.15, 0.2) is 12.2 Å². The van der Waals surface area contributed by atoms with Crippen molar-refractivity contribution in [3.05, 3.63) is 12.2 Å². The summed E-state index contributed by atoms with van der Waals surface area (Å²) in [5, 5.41) is 12.4. The number of carbonyl (C=O) groups excluding carboxylic acids is 4. The maximum absolute atomic E-state index is 14.9. The summed E-state index contributed by atoms with van der Waals surface area (Å²) in [4.78, 5) is 55.6. The lowest BCUT2D eigenvalue weighted by Gasteiger charge is -2.63. The van der Waals surface area contributed by atoms with Gasteiger partial charge < -0.3 is 28.8 Å². The minimum absolute atomic E-state index is 0.0583. The van der Waals surface area contributed by atoms with E-state index in [-0.39, 0.29) is 43.5 Å². The Morgan fingerprint density at radius 2 is 1.84 bits per heavy atom. The highest BCUT2D eigenvalue weighted by Gasteiger charge is 2.94. The van der Waals surface area contributed by atoms with Crippen LogP contribution in [0.4, 0.5) is 0 Å². The standard InChI is InChI=1S/C28H30O10/c1-22-10-17-24(3)28-18(22)19(30)27(38-28,34-11-14(22)20(31)35-17)13-9-16-26(36-16)7-4-5-15(29)23(26,2)12(13)6-8-25(28,33)21(32)37-24/h4-5,12-14,16-18,33H,6-11H2,1-3H3/t12-,13+,14+,16+,17+,18+,22+,23-,24-,25-,26+,27-,28-/m0/s1. The molecule has 3 aliphatic carbocycles. The summed E-state index contributed by atoms with van der Waals surface area (Å²) in [6.07, 6.45) is 3.82. The Hall–Kier alpha value is -2.14. The molecule has 3 spiro atoms. The highest BCUT2D eigenvalue weighted by Crippen LogP contribution is 2.77. The number of epoxide rings is 1. The summed E-state index contributed by atoms with van der Waals surface area (Å²) in [5.74, 6) is -6.56. The van der Waals surface area contributed by atoms with E-state index < -0.39 is 80.7 Å². The van der Waals surface area contributed by atoms with Crippen LogP contribution < -0.4 is 0 Å². The summed E-state index contributed by atoms with van der Waals surface area (Å²) in [6.45, 7) is 5.27. The molecule has 5 bridgehead atoms. The largest absolute Gasteiger partial charge is 0.458 e. The van der Waals surface area contributed by atoms with Crippen LogP contribution in [0.1, 0.15) is 52.9 Å². The molecule has 9 rings (SSSR count). The van der Waals surface area contributed by atoms with Gasteiger partial charge in [-0.2, -0.15) is 0 Å². The molecule has 2 saturated carbocycles. The number of allylic oxidation sites excluding steroid dienone is 1. The van der Waals surface area contributed by atoms with Crippen molar-refractivity contribution in [2.45, 2.75) is 93.3 Å². The van der Waals surface area contributed by atoms with Gasteiger partial charge in [0.15, 0.2) is 28.4 Å². The van der Waals surface area contributed by atoms with E-state index in [0.717, 1.165) is 0 Å². The summed E-state index contributed by atoms with van der Waals surface area (Å²) in [6, 6.07) is 0. The Morgan fingerprint density at radius 1 is 1.05 bits per heavy atom. The lowest BCUT2D eigenvalue weighted by atomic mass is 9.46. The van der Waals surface area contributed by atoms with Crippen molar-refractivity contribution >= 4 is 23.5 Å². The molecule has 6 heterocycles. The molecule has 202 valence electrons. The lowest BCUT2D eigenvalue weighted by molar-refractivity contribution is -0.375. The number of Topliss-reactive ketones (excluding diaryl/α,β-unsaturated/α-hetero) is 1. The van der Waals surface area contributed by atoms with Crippen molar-refractivity contribution in [2.24, 2.45) is 34.5 Å². The molecule has 9 aliphatic rings. The molecule has 38 heavy (non-hydrogen) atoms. The molecule has 13 atom stereocenters. The number of esters is 2. The molecule has 0 unspecified atom stereocenters. The third kappa shape index (κ3) is 1.79. The molecule has 0 aromatic heterocycles. The van der Waals surface area contributed by atoms with Crippen molar-refractivity contribution in [1.82, 2.24) is 0 Å². The molecule has 6 saturated heterocycles. The fourth-order valence-electron chi connectivity index (χ4n) is 10.9. The van der Waals surface area contributed by atoms with E-state index in [1.165, 1.54) is 0 Å². The van der Waals surface area contributed by atoms with Crippen LogP contribution in [0.2, 0.25) is 0 Å². The van der Waals surface area contributed by atoms with E-state index in [2.05, 4.69) is 0 Å². The quantitative estimate of drug-likeness (QED) is 0.356. The van der Waals surface area contributed by atoms with Gasteiger partial charge in [-0.3, -0.25) is 14.4 Å². The summed E-state index contributed by atoms with van der Waals surface area (Å²) in [5.41, 5.74) is -8.23. The van der Waals surface area contributed by atoms with Crippen molar-refractivity contribution in [3.8, 4) is 0 Å². The van der Waals surface area contributed by atoms with Gasteiger partial charge in [0.05, 0.1) is 30.0 Å². The van der Waals surface area contributed by atoms with E-state index >= 15 is 0 Å². The topological polar surface area (TPSA) is 138 Å². The van der Waals surface area contributed by atoms with Gasteiger partial charge in [-0.15, -0.1) is 0 Å². The van der Waals surface area contributed by atoms with Gasteiger partial charge in [0, 0.05) is 5.92 Å². The SMILES string of the molecule is C[C@@]12C[C@H]3OC(=O)[C@H]1CO[C@@]14O[C@@]5([C@@H]2C1=O)[C@@]3(C)OC(=O)[C@@]5(O)CC[C@H]1[C@H]4C[C@H]2O[C@]23CC=CC(=O)[C@]13C. The first-order valence-electron chi connectivity index (χ1n) is 13.8. The first-order valence-corrected chi connectivity index (χ1v) is 13.8. The predicted octanol–water partition coefficient (Wildman–Crippen LogP) is 0.768. The summed E-state index contributed by atoms with van der Waals surface area (Å²) >= 11 is 0. The molecule has 0 radical (unpaired) electrons. The third-order valence-corrected chi connectivity index (χ3v) is 12.9. The number of carbonyl (C=O) groups is 4. The zero-order valence-electron chi connectivity index (χ0n) is 21.5. The Balaban J connectivity index is 1.34. The van der Waals surface area contributed by atoms with Crippen LogP contribution in [0.5, 0.6) is 0 Å². The van der Waals surface area contributed by atoms with E-state index in [4.69, 9.17) is 23.7 Å². The maximum Gasteiger partial charge on any atom is 0.342 e. The Kier molecular flexibility index (Phi) is 3.47. The summed E-state index contributed by atoms with van der Waals surface area (Å²) < 4.78 is 31.5. The first kappa shape index (κ1) is 22.7. The average Bonchev–Trinajstić information content (AvgIpc) is 3.45. The van der Waals surface area contributed by atoms with E-state index in [9.17, 15) is 24.3 Å². The van der Waals surface area contributed by atoms with Gasteiger partial charge in [-0.05, 0) is 63.4 Å². The highest BCUT2D eigenvalue weighted by molar-refractivity contribution is 6.00. The van der Waals surface area contributed by atoms with Crippen molar-refractivity contribution in [1.29, 1.82) is 0 Å². The van der Waals surface area contributed by atoms with Crippen LogP contribution in [0, 0.1) is 34.5 Å². The number of hydrogen-bond donors (Lipinski definition) is 1. The number of ether oxygens (including phenoxy) is 5. The maximum atomic E-state index is 14.9. The highest BCUT2D eigenvalue weighted by atomic mass is 16.8. The van der Waals surface area contributed by atoms with Crippen LogP contribution in [-0.4, -0.2) is 75.6 Å². The molecule has 1 N–H and O–H groups in total. The van der Waals surface area contributed by atoms with Crippen LogP contribution in [-0.2, 0) is 42.9 Å². The molecule has 6 aliphatic heterocycles. The van der Waals surface area contributed by atoms with E-state index in [0.29, 0.717) is 12.8 Å². The minimum atomic E-state index is -2.19. The second-order valence-electron chi connectivity index (χ2n) is 13.8. The van der Waals surface area contributed by atoms with Gasteiger partial charge >= 0.3 is 11.9 Å². The Morgan fingerprint density at radius 3 is 2.63 bits per heavy atom. The number of aliphatic hydroxyl groups is 1. The van der Waals surface area contributed by atoms with Gasteiger partial charge in [0.1, 0.15) is 11.7 Å². The number of rotatable bonds is 0. The van der Waals surface area contributed by atoms with Gasteiger partial charge in [0.2, 0.25) is 5.79 Å². The molecule has 10 heteroatoms.